The van der Waals surface area contributed by atoms with E-state index in [-0.39, 0.29) is 11.9 Å². The van der Waals surface area contributed by atoms with Crippen LogP contribution in [0.15, 0.2) is 5.38 Å². The monoisotopic (exact) mass is 288 g/mol. The van der Waals surface area contributed by atoms with Gasteiger partial charge in [-0.3, -0.25) is 4.79 Å². The molecule has 6 heteroatoms. The summed E-state index contributed by atoms with van der Waals surface area (Å²) >= 11 is 5.74. The van der Waals surface area contributed by atoms with Crippen molar-refractivity contribution in [3.63, 3.8) is 0 Å². The van der Waals surface area contributed by atoms with Crippen LogP contribution in [-0.4, -0.2) is 28.1 Å². The summed E-state index contributed by atoms with van der Waals surface area (Å²) in [7, 11) is 1.42. The molecule has 1 aliphatic rings. The molecule has 0 aromatic carbocycles. The van der Waals surface area contributed by atoms with Gasteiger partial charge in [0.25, 0.3) is 0 Å². The molecule has 0 bridgehead atoms. The zero-order valence-corrected chi connectivity index (χ0v) is 12.3. The summed E-state index contributed by atoms with van der Waals surface area (Å²) in [6.45, 7) is 2.87. The lowest BCUT2D eigenvalue weighted by Gasteiger charge is -2.22. The smallest absolute Gasteiger partial charge is 0.224 e. The van der Waals surface area contributed by atoms with Crippen molar-refractivity contribution in [2.45, 2.75) is 32.2 Å². The Kier molecular flexibility index (Phi) is 4.76. The summed E-state index contributed by atoms with van der Waals surface area (Å²) in [5.41, 5.74) is 1.05. The lowest BCUT2D eigenvalue weighted by molar-refractivity contribution is -0.131. The highest BCUT2D eigenvalue weighted by Gasteiger charge is 2.31. The van der Waals surface area contributed by atoms with Gasteiger partial charge in [-0.25, -0.2) is 4.98 Å². The second-order valence-electron chi connectivity index (χ2n) is 4.16. The Morgan fingerprint density at radius 1 is 1.76 bits per heavy atom. The number of aromatic nitrogens is 1. The highest BCUT2D eigenvalue weighted by atomic mass is 33.1. The van der Waals surface area contributed by atoms with E-state index in [1.54, 1.807) is 11.3 Å². The van der Waals surface area contributed by atoms with Crippen molar-refractivity contribution >= 4 is 39.7 Å². The van der Waals surface area contributed by atoms with Crippen molar-refractivity contribution in [1.29, 1.82) is 0 Å². The van der Waals surface area contributed by atoms with E-state index in [2.05, 4.69) is 22.0 Å². The van der Waals surface area contributed by atoms with E-state index in [9.17, 15) is 4.79 Å². The molecule has 0 saturated carbocycles. The Morgan fingerprint density at radius 2 is 2.59 bits per heavy atom. The van der Waals surface area contributed by atoms with E-state index >= 15 is 0 Å². The van der Waals surface area contributed by atoms with Crippen LogP contribution < -0.4 is 0 Å². The topological polar surface area (TPSA) is 33.2 Å². The molecule has 94 valence electrons. The number of likely N-dealkylation sites (tertiary alicyclic amines) is 1. The SMILES string of the molecule is Cc1csc([C@@H]2CCCN2C(=O)CCSS)n1. The van der Waals surface area contributed by atoms with Gasteiger partial charge < -0.3 is 4.90 Å². The highest BCUT2D eigenvalue weighted by molar-refractivity contribution is 8.68. The molecule has 1 aromatic rings. The second kappa shape index (κ2) is 6.11. The van der Waals surface area contributed by atoms with Crippen molar-refractivity contribution < 1.29 is 4.79 Å². The van der Waals surface area contributed by atoms with Gasteiger partial charge in [0.05, 0.1) is 6.04 Å². The van der Waals surface area contributed by atoms with Gasteiger partial charge >= 0.3 is 0 Å². The molecular weight excluding hydrogens is 272 g/mol. The minimum atomic E-state index is 0.214. The van der Waals surface area contributed by atoms with Crippen molar-refractivity contribution in [2.75, 3.05) is 12.3 Å². The predicted molar refractivity (Wildman–Crippen MR) is 76.6 cm³/mol. The first-order valence-electron chi connectivity index (χ1n) is 5.70. The first kappa shape index (κ1) is 13.2. The zero-order valence-electron chi connectivity index (χ0n) is 9.76. The maximum Gasteiger partial charge on any atom is 0.224 e. The molecule has 1 amide bonds. The summed E-state index contributed by atoms with van der Waals surface area (Å²) < 4.78 is 0. The van der Waals surface area contributed by atoms with Crippen LogP contribution in [0, 0.1) is 6.92 Å². The molecule has 17 heavy (non-hydrogen) atoms. The molecule has 1 fully saturated rings. The van der Waals surface area contributed by atoms with Gasteiger partial charge in [-0.2, -0.15) is 0 Å². The van der Waals surface area contributed by atoms with Gasteiger partial charge in [-0.05, 0) is 19.8 Å². The molecule has 1 saturated heterocycles. The number of carbonyl (C=O) groups is 1. The minimum Gasteiger partial charge on any atom is -0.333 e. The Morgan fingerprint density at radius 3 is 3.24 bits per heavy atom. The Hall–Kier alpha value is -0.200. The largest absolute Gasteiger partial charge is 0.333 e. The van der Waals surface area contributed by atoms with Crippen molar-refractivity contribution in [1.82, 2.24) is 9.88 Å². The summed E-state index contributed by atoms with van der Waals surface area (Å²) in [6, 6.07) is 0.214. The molecule has 1 aliphatic heterocycles. The van der Waals surface area contributed by atoms with Crippen molar-refractivity contribution in [3.05, 3.63) is 16.1 Å². The van der Waals surface area contributed by atoms with Crippen LogP contribution in [-0.2, 0) is 4.79 Å². The third-order valence-electron chi connectivity index (χ3n) is 2.90. The molecule has 0 unspecified atom stereocenters. The van der Waals surface area contributed by atoms with Crippen molar-refractivity contribution in [3.8, 4) is 0 Å². The molecule has 2 rings (SSSR count). The number of amides is 1. The zero-order chi connectivity index (χ0) is 12.3. The Bertz CT molecular complexity index is 394. The van der Waals surface area contributed by atoms with Crippen LogP contribution in [0.5, 0.6) is 0 Å². The van der Waals surface area contributed by atoms with Gasteiger partial charge in [-0.1, -0.05) is 10.8 Å². The lowest BCUT2D eigenvalue weighted by atomic mass is 10.2. The fraction of sp³-hybridized carbons (Fsp3) is 0.636. The van der Waals surface area contributed by atoms with Crippen LogP contribution in [0.25, 0.3) is 0 Å². The van der Waals surface area contributed by atoms with Gasteiger partial charge in [0.1, 0.15) is 5.01 Å². The maximum absolute atomic E-state index is 12.1. The van der Waals surface area contributed by atoms with E-state index in [1.807, 2.05) is 11.8 Å². The van der Waals surface area contributed by atoms with Gasteiger partial charge in [0.15, 0.2) is 0 Å². The van der Waals surface area contributed by atoms with Gasteiger partial charge in [0.2, 0.25) is 5.91 Å². The first-order chi connectivity index (χ1) is 8.22. The predicted octanol–water partition coefficient (Wildman–Crippen LogP) is 3.08. The quantitative estimate of drug-likeness (QED) is 0.683. The number of thiol groups is 1. The summed E-state index contributed by atoms with van der Waals surface area (Å²) in [5.74, 6) is 1.02. The molecule has 0 aliphatic carbocycles. The normalized spacial score (nSPS) is 19.9. The molecule has 0 N–H and O–H groups in total. The molecule has 1 aromatic heterocycles. The molecule has 2 heterocycles. The van der Waals surface area contributed by atoms with Gasteiger partial charge in [0, 0.05) is 29.8 Å². The average molecular weight is 288 g/mol. The van der Waals surface area contributed by atoms with E-state index in [4.69, 9.17) is 0 Å². The number of thiazole rings is 1. The lowest BCUT2D eigenvalue weighted by Crippen LogP contribution is -2.30. The third kappa shape index (κ3) is 3.17. The van der Waals surface area contributed by atoms with E-state index in [0.717, 1.165) is 35.8 Å². The van der Waals surface area contributed by atoms with Crippen LogP contribution in [0.3, 0.4) is 0 Å². The molecule has 3 nitrogen and oxygen atoms in total. The van der Waals surface area contributed by atoms with Crippen LogP contribution in [0.2, 0.25) is 0 Å². The van der Waals surface area contributed by atoms with E-state index < -0.39 is 0 Å². The Labute approximate surface area is 115 Å². The summed E-state index contributed by atoms with van der Waals surface area (Å²) in [5, 5.41) is 3.15. The summed E-state index contributed by atoms with van der Waals surface area (Å²) in [6.07, 6.45) is 2.71. The Balaban J connectivity index is 2.04. The van der Waals surface area contributed by atoms with E-state index in [0.29, 0.717) is 6.42 Å². The van der Waals surface area contributed by atoms with Gasteiger partial charge in [-0.15, -0.1) is 23.0 Å². The fourth-order valence-electron chi connectivity index (χ4n) is 2.12. The average Bonchev–Trinajstić information content (AvgIpc) is 2.93. The van der Waals surface area contributed by atoms with Crippen LogP contribution >= 0.6 is 33.8 Å². The number of hydrogen-bond acceptors (Lipinski definition) is 5. The molecule has 0 spiro atoms. The minimum absolute atomic E-state index is 0.214. The number of hydrogen-bond donors (Lipinski definition) is 1. The fourth-order valence-corrected chi connectivity index (χ4v) is 3.61. The summed E-state index contributed by atoms with van der Waals surface area (Å²) in [4.78, 5) is 18.5. The maximum atomic E-state index is 12.1. The molecule has 1 atom stereocenters. The molecule has 0 radical (unpaired) electrons. The standard InChI is InChI=1S/C11H16N2OS3/c1-8-7-16-11(12-8)9-3-2-5-13(9)10(14)4-6-17-15/h7,9,15H,2-6H2,1H3/t9-/m0/s1. The van der Waals surface area contributed by atoms with Crippen molar-refractivity contribution in [2.24, 2.45) is 0 Å². The first-order valence-corrected chi connectivity index (χ1v) is 8.62. The third-order valence-corrected chi connectivity index (χ3v) is 4.90. The number of rotatable bonds is 4. The number of aryl methyl sites for hydroxylation is 1. The van der Waals surface area contributed by atoms with E-state index in [1.165, 1.54) is 10.8 Å². The van der Waals surface area contributed by atoms with Crippen LogP contribution in [0.4, 0.5) is 0 Å². The second-order valence-corrected chi connectivity index (χ2v) is 6.49. The number of nitrogens with zero attached hydrogens (tertiary/aromatic N) is 2. The van der Waals surface area contributed by atoms with Crippen LogP contribution in [0.1, 0.15) is 36.0 Å². The number of carbonyl (C=O) groups excluding carboxylic acids is 1. The highest BCUT2D eigenvalue weighted by Crippen LogP contribution is 2.34. The molecular formula is C11H16N2OS3.